The molecule has 0 spiro atoms. The molecule has 1 aliphatic heterocycles. The molecule has 0 bridgehead atoms. The van der Waals surface area contributed by atoms with Crippen LogP contribution in [0.3, 0.4) is 0 Å². The third kappa shape index (κ3) is 2.49. The van der Waals surface area contributed by atoms with Crippen LogP contribution in [0.5, 0.6) is 0 Å². The summed E-state index contributed by atoms with van der Waals surface area (Å²) >= 11 is 0. The van der Waals surface area contributed by atoms with Crippen molar-refractivity contribution in [3.05, 3.63) is 30.4 Å². The number of aromatic nitrogens is 4. The lowest BCUT2D eigenvalue weighted by molar-refractivity contribution is -0.133. The molecule has 0 N–H and O–H groups in total. The molecule has 116 valence electrons. The molecule has 6 nitrogen and oxygen atoms in total. The van der Waals surface area contributed by atoms with Gasteiger partial charge in [-0.2, -0.15) is 0 Å². The van der Waals surface area contributed by atoms with Crippen LogP contribution in [0.4, 0.5) is 0 Å². The van der Waals surface area contributed by atoms with E-state index in [-0.39, 0.29) is 11.8 Å². The molecule has 1 atom stereocenters. The Kier molecular flexibility index (Phi) is 4.18. The van der Waals surface area contributed by atoms with Crippen LogP contribution in [-0.4, -0.2) is 43.6 Å². The van der Waals surface area contributed by atoms with E-state index >= 15 is 0 Å². The molecule has 2 aromatic rings. The molecule has 1 unspecified atom stereocenters. The van der Waals surface area contributed by atoms with Gasteiger partial charge in [0, 0.05) is 37.6 Å². The molecule has 0 aliphatic carbocycles. The molecule has 6 heteroatoms. The summed E-state index contributed by atoms with van der Waals surface area (Å²) in [6.07, 6.45) is 5.32. The Bertz CT molecular complexity index is 648. The predicted octanol–water partition coefficient (Wildman–Crippen LogP) is 2.09. The molecule has 0 saturated heterocycles. The average Bonchev–Trinajstić information content (AvgIpc) is 3.00. The Morgan fingerprint density at radius 2 is 2.00 bits per heavy atom. The maximum absolute atomic E-state index is 12.7. The Morgan fingerprint density at radius 1 is 1.27 bits per heavy atom. The van der Waals surface area contributed by atoms with E-state index in [1.165, 1.54) is 0 Å². The first-order chi connectivity index (χ1) is 10.8. The third-order valence-corrected chi connectivity index (χ3v) is 4.28. The smallest absolute Gasteiger partial charge is 0.233 e. The van der Waals surface area contributed by atoms with Gasteiger partial charge < -0.3 is 9.47 Å². The molecule has 0 aromatic carbocycles. The molecule has 3 heterocycles. The van der Waals surface area contributed by atoms with E-state index in [0.717, 1.165) is 49.7 Å². The zero-order chi connectivity index (χ0) is 15.5. The highest BCUT2D eigenvalue weighted by atomic mass is 16.2. The Morgan fingerprint density at radius 3 is 2.68 bits per heavy atom. The SMILES string of the molecule is CCN(CC)C(=O)C1CCCn2c(-c3ccncc3)nnc21. The molecule has 0 fully saturated rings. The highest BCUT2D eigenvalue weighted by Gasteiger charge is 2.32. The summed E-state index contributed by atoms with van der Waals surface area (Å²) < 4.78 is 2.09. The van der Waals surface area contributed by atoms with Gasteiger partial charge in [-0.1, -0.05) is 0 Å². The van der Waals surface area contributed by atoms with Gasteiger partial charge in [0.2, 0.25) is 5.91 Å². The van der Waals surface area contributed by atoms with Gasteiger partial charge in [-0.15, -0.1) is 10.2 Å². The number of hydrogen-bond acceptors (Lipinski definition) is 4. The second kappa shape index (κ2) is 6.25. The number of likely N-dealkylation sites (N-methyl/N-ethyl adjacent to an activating group) is 1. The monoisotopic (exact) mass is 299 g/mol. The summed E-state index contributed by atoms with van der Waals surface area (Å²) in [7, 11) is 0. The van der Waals surface area contributed by atoms with E-state index in [2.05, 4.69) is 19.7 Å². The van der Waals surface area contributed by atoms with Crippen LogP contribution >= 0.6 is 0 Å². The fourth-order valence-electron chi connectivity index (χ4n) is 3.08. The minimum atomic E-state index is -0.170. The van der Waals surface area contributed by atoms with E-state index < -0.39 is 0 Å². The Balaban J connectivity index is 1.96. The molecular formula is C16H21N5O. The topological polar surface area (TPSA) is 63.9 Å². The van der Waals surface area contributed by atoms with Crippen LogP contribution in [0.1, 0.15) is 38.4 Å². The van der Waals surface area contributed by atoms with E-state index in [4.69, 9.17) is 0 Å². The van der Waals surface area contributed by atoms with Crippen molar-refractivity contribution in [1.29, 1.82) is 0 Å². The summed E-state index contributed by atoms with van der Waals surface area (Å²) in [5.41, 5.74) is 0.990. The minimum Gasteiger partial charge on any atom is -0.343 e. The van der Waals surface area contributed by atoms with Crippen molar-refractivity contribution in [2.75, 3.05) is 13.1 Å². The van der Waals surface area contributed by atoms with Crippen molar-refractivity contribution < 1.29 is 4.79 Å². The number of hydrogen-bond donors (Lipinski definition) is 0. The maximum Gasteiger partial charge on any atom is 0.233 e. The third-order valence-electron chi connectivity index (χ3n) is 4.28. The molecular weight excluding hydrogens is 278 g/mol. The standard InChI is InChI=1S/C16H21N5O/c1-3-20(4-2)16(22)13-6-5-11-21-14(18-19-15(13)21)12-7-9-17-10-8-12/h7-10,13H,3-6,11H2,1-2H3. The molecule has 0 saturated carbocycles. The number of carbonyl (C=O) groups is 1. The Labute approximate surface area is 130 Å². The maximum atomic E-state index is 12.7. The molecule has 2 aromatic heterocycles. The van der Waals surface area contributed by atoms with Crippen molar-refractivity contribution >= 4 is 5.91 Å². The van der Waals surface area contributed by atoms with Crippen molar-refractivity contribution in [2.24, 2.45) is 0 Å². The summed E-state index contributed by atoms with van der Waals surface area (Å²) in [6.45, 7) is 6.35. The minimum absolute atomic E-state index is 0.166. The lowest BCUT2D eigenvalue weighted by atomic mass is 9.97. The van der Waals surface area contributed by atoms with E-state index in [1.807, 2.05) is 30.9 Å². The van der Waals surface area contributed by atoms with Gasteiger partial charge in [-0.05, 0) is 38.8 Å². The van der Waals surface area contributed by atoms with Crippen molar-refractivity contribution in [2.45, 2.75) is 39.2 Å². The van der Waals surface area contributed by atoms with Crippen LogP contribution < -0.4 is 0 Å². The largest absolute Gasteiger partial charge is 0.343 e. The Hall–Kier alpha value is -2.24. The van der Waals surface area contributed by atoms with Crippen LogP contribution in [0.2, 0.25) is 0 Å². The molecule has 0 radical (unpaired) electrons. The predicted molar refractivity (Wildman–Crippen MR) is 83.2 cm³/mol. The van der Waals surface area contributed by atoms with Crippen molar-refractivity contribution in [1.82, 2.24) is 24.6 Å². The van der Waals surface area contributed by atoms with E-state index in [1.54, 1.807) is 12.4 Å². The lowest BCUT2D eigenvalue weighted by Gasteiger charge is -2.28. The van der Waals surface area contributed by atoms with Crippen molar-refractivity contribution in [3.63, 3.8) is 0 Å². The van der Waals surface area contributed by atoms with Gasteiger partial charge in [0.1, 0.15) is 5.82 Å². The van der Waals surface area contributed by atoms with Gasteiger partial charge in [0.05, 0.1) is 5.92 Å². The van der Waals surface area contributed by atoms with Gasteiger partial charge in [-0.25, -0.2) is 0 Å². The summed E-state index contributed by atoms with van der Waals surface area (Å²) in [5.74, 6) is 1.63. The second-order valence-corrected chi connectivity index (χ2v) is 5.47. The first kappa shape index (κ1) is 14.7. The van der Waals surface area contributed by atoms with E-state index in [0.29, 0.717) is 0 Å². The first-order valence-electron chi connectivity index (χ1n) is 7.88. The molecule has 1 amide bonds. The molecule has 22 heavy (non-hydrogen) atoms. The van der Waals surface area contributed by atoms with Crippen molar-refractivity contribution in [3.8, 4) is 11.4 Å². The van der Waals surface area contributed by atoms with E-state index in [9.17, 15) is 4.79 Å². The quantitative estimate of drug-likeness (QED) is 0.867. The lowest BCUT2D eigenvalue weighted by Crippen LogP contribution is -2.37. The average molecular weight is 299 g/mol. The molecule has 3 rings (SSSR count). The van der Waals surface area contributed by atoms with Crippen LogP contribution in [0, 0.1) is 0 Å². The van der Waals surface area contributed by atoms with Crippen LogP contribution in [0.25, 0.3) is 11.4 Å². The van der Waals surface area contributed by atoms with Gasteiger partial charge in [-0.3, -0.25) is 9.78 Å². The molecule has 1 aliphatic rings. The normalized spacial score (nSPS) is 17.1. The number of pyridine rings is 1. The summed E-state index contributed by atoms with van der Waals surface area (Å²) in [5, 5.41) is 8.66. The van der Waals surface area contributed by atoms with Gasteiger partial charge >= 0.3 is 0 Å². The fourth-order valence-corrected chi connectivity index (χ4v) is 3.08. The number of carbonyl (C=O) groups excluding carboxylic acids is 1. The fraction of sp³-hybridized carbons (Fsp3) is 0.500. The highest BCUT2D eigenvalue weighted by molar-refractivity contribution is 5.83. The number of fused-ring (bicyclic) bond motifs is 1. The highest BCUT2D eigenvalue weighted by Crippen LogP contribution is 2.31. The number of amides is 1. The van der Waals surface area contributed by atoms with Gasteiger partial charge in [0.15, 0.2) is 5.82 Å². The second-order valence-electron chi connectivity index (χ2n) is 5.47. The summed E-state index contributed by atoms with van der Waals surface area (Å²) in [6, 6.07) is 3.85. The zero-order valence-corrected chi connectivity index (χ0v) is 13.1. The van der Waals surface area contributed by atoms with Crippen LogP contribution in [0.15, 0.2) is 24.5 Å². The zero-order valence-electron chi connectivity index (χ0n) is 13.1. The van der Waals surface area contributed by atoms with Crippen LogP contribution in [-0.2, 0) is 11.3 Å². The van der Waals surface area contributed by atoms with Gasteiger partial charge in [0.25, 0.3) is 0 Å². The number of nitrogens with zero attached hydrogens (tertiary/aromatic N) is 5. The summed E-state index contributed by atoms with van der Waals surface area (Å²) in [4.78, 5) is 18.6. The first-order valence-corrected chi connectivity index (χ1v) is 7.88. The number of rotatable bonds is 4.